The van der Waals surface area contributed by atoms with Crippen molar-refractivity contribution in [3.8, 4) is 17.0 Å². The summed E-state index contributed by atoms with van der Waals surface area (Å²) in [6.07, 6.45) is 6.58. The summed E-state index contributed by atoms with van der Waals surface area (Å²) in [7, 11) is 2.17. The van der Waals surface area contributed by atoms with Crippen LogP contribution in [0.3, 0.4) is 0 Å². The first-order valence-electron chi connectivity index (χ1n) is 10.3. The Bertz CT molecular complexity index is 1220. The molecular weight excluding hydrogens is 382 g/mol. The van der Waals surface area contributed by atoms with Crippen LogP contribution in [0, 0.1) is 0 Å². The number of benzene rings is 1. The normalized spacial score (nSPS) is 20.7. The van der Waals surface area contributed by atoms with Gasteiger partial charge in [0.2, 0.25) is 0 Å². The van der Waals surface area contributed by atoms with Crippen LogP contribution in [-0.2, 0) is 0 Å². The zero-order valence-electron chi connectivity index (χ0n) is 16.4. The summed E-state index contributed by atoms with van der Waals surface area (Å²) in [5.74, 6) is 0.755. The molecule has 0 radical (unpaired) electrons. The van der Waals surface area contributed by atoms with Gasteiger partial charge in [0.05, 0.1) is 6.33 Å². The largest absolute Gasteiger partial charge is 0.507 e. The number of rotatable bonds is 3. The number of nitrogens with zero attached hydrogens (tertiary/aromatic N) is 5. The Morgan fingerprint density at radius 2 is 2.03 bits per heavy atom. The van der Waals surface area contributed by atoms with Crippen molar-refractivity contribution < 1.29 is 5.11 Å². The first-order chi connectivity index (χ1) is 14.2. The minimum Gasteiger partial charge on any atom is -0.507 e. The van der Waals surface area contributed by atoms with Crippen molar-refractivity contribution in [1.29, 1.82) is 0 Å². The molecule has 4 aromatic rings. The smallest absolute Gasteiger partial charge is 0.183 e. The van der Waals surface area contributed by atoms with Crippen LogP contribution in [0.5, 0.6) is 5.75 Å². The van der Waals surface area contributed by atoms with E-state index < -0.39 is 0 Å². The maximum atomic E-state index is 10.9. The highest BCUT2D eigenvalue weighted by Gasteiger charge is 2.33. The first kappa shape index (κ1) is 17.4. The molecule has 1 aliphatic heterocycles. The van der Waals surface area contributed by atoms with Gasteiger partial charge < -0.3 is 14.6 Å². The SMILES string of the molecule is CN1CCC[C@@H](n2cnc3c(C4CC4)c(-c4ccc5sccc5c4O)nnc32)C1. The number of likely N-dealkylation sites (tertiary alicyclic amines) is 1. The molecule has 29 heavy (non-hydrogen) atoms. The number of hydrogen-bond donors (Lipinski definition) is 1. The second-order valence-corrected chi connectivity index (χ2v) is 9.36. The average Bonchev–Trinajstić information content (AvgIpc) is 3.28. The van der Waals surface area contributed by atoms with E-state index in [4.69, 9.17) is 4.98 Å². The predicted octanol–water partition coefficient (Wildman–Crippen LogP) is 4.56. The van der Waals surface area contributed by atoms with Crippen LogP contribution in [0.25, 0.3) is 32.5 Å². The van der Waals surface area contributed by atoms with Gasteiger partial charge in [-0.05, 0) is 68.8 Å². The number of aromatic nitrogens is 4. The molecule has 3 aromatic heterocycles. The fourth-order valence-electron chi connectivity index (χ4n) is 4.72. The molecule has 4 heterocycles. The lowest BCUT2D eigenvalue weighted by Crippen LogP contribution is -2.33. The molecule has 6 nitrogen and oxygen atoms in total. The third kappa shape index (κ3) is 2.75. The third-order valence-electron chi connectivity index (χ3n) is 6.36. The predicted molar refractivity (Wildman–Crippen MR) is 116 cm³/mol. The summed E-state index contributed by atoms with van der Waals surface area (Å²) < 4.78 is 3.30. The molecule has 148 valence electrons. The molecular formula is C22H23N5OS. The minimum atomic E-state index is 0.299. The lowest BCUT2D eigenvalue weighted by atomic mass is 10.00. The molecule has 1 aliphatic carbocycles. The number of phenols is 1. The Morgan fingerprint density at radius 3 is 2.86 bits per heavy atom. The Balaban J connectivity index is 1.53. The first-order valence-corrected chi connectivity index (χ1v) is 11.2. The molecule has 1 N–H and O–H groups in total. The Hall–Kier alpha value is -2.51. The van der Waals surface area contributed by atoms with E-state index in [9.17, 15) is 5.11 Å². The van der Waals surface area contributed by atoms with Crippen LogP contribution in [0.1, 0.15) is 43.2 Å². The fourth-order valence-corrected chi connectivity index (χ4v) is 5.51. The van der Waals surface area contributed by atoms with E-state index in [0.29, 0.717) is 17.7 Å². The number of likely N-dealkylation sites (N-methyl/N-ethyl adjacent to an activating group) is 1. The number of imidazole rings is 1. The topological polar surface area (TPSA) is 67.1 Å². The van der Waals surface area contributed by atoms with Crippen molar-refractivity contribution in [1.82, 2.24) is 24.6 Å². The number of hydrogen-bond acceptors (Lipinski definition) is 6. The standard InChI is InChI=1S/C22H23N5OS/c1-26-9-2-3-14(11-26)27-12-23-20-18(13-4-5-13)19(24-25-22(20)27)16-6-7-17-15(21(16)28)8-10-29-17/h6-8,10,12-14,28H,2-5,9,11H2,1H3/t14-/m1/s1. The summed E-state index contributed by atoms with van der Waals surface area (Å²) in [5, 5.41) is 23.1. The summed E-state index contributed by atoms with van der Waals surface area (Å²) in [5.41, 5.74) is 4.54. The second-order valence-electron chi connectivity index (χ2n) is 8.41. The number of aromatic hydroxyl groups is 1. The highest BCUT2D eigenvalue weighted by molar-refractivity contribution is 7.17. The third-order valence-corrected chi connectivity index (χ3v) is 7.25. The Morgan fingerprint density at radius 1 is 1.14 bits per heavy atom. The highest BCUT2D eigenvalue weighted by atomic mass is 32.1. The van der Waals surface area contributed by atoms with Gasteiger partial charge >= 0.3 is 0 Å². The lowest BCUT2D eigenvalue weighted by molar-refractivity contribution is 0.214. The Labute approximate surface area is 172 Å². The van der Waals surface area contributed by atoms with Crippen LogP contribution in [0.2, 0.25) is 0 Å². The van der Waals surface area contributed by atoms with E-state index in [1.54, 1.807) is 11.3 Å². The maximum absolute atomic E-state index is 10.9. The molecule has 0 spiro atoms. The lowest BCUT2D eigenvalue weighted by Gasteiger charge is -2.30. The summed E-state index contributed by atoms with van der Waals surface area (Å²) in [4.78, 5) is 7.18. The van der Waals surface area contributed by atoms with Gasteiger partial charge in [0.1, 0.15) is 17.0 Å². The highest BCUT2D eigenvalue weighted by Crippen LogP contribution is 2.48. The molecule has 1 saturated heterocycles. The van der Waals surface area contributed by atoms with E-state index >= 15 is 0 Å². The second kappa shape index (κ2) is 6.50. The van der Waals surface area contributed by atoms with Gasteiger partial charge in [0.15, 0.2) is 5.65 Å². The van der Waals surface area contributed by atoms with E-state index in [1.165, 1.54) is 6.42 Å². The van der Waals surface area contributed by atoms with Gasteiger partial charge in [-0.25, -0.2) is 4.98 Å². The summed E-state index contributed by atoms with van der Waals surface area (Å²) >= 11 is 1.63. The number of phenolic OH excluding ortho intramolecular Hbond substituents is 1. The van der Waals surface area contributed by atoms with Crippen molar-refractivity contribution in [3.05, 3.63) is 35.5 Å². The van der Waals surface area contributed by atoms with Crippen molar-refractivity contribution in [3.63, 3.8) is 0 Å². The van der Waals surface area contributed by atoms with Gasteiger partial charge in [-0.1, -0.05) is 0 Å². The van der Waals surface area contributed by atoms with Crippen molar-refractivity contribution in [2.24, 2.45) is 0 Å². The summed E-state index contributed by atoms with van der Waals surface area (Å²) in [6, 6.07) is 6.40. The molecule has 2 fully saturated rings. The van der Waals surface area contributed by atoms with E-state index in [1.807, 2.05) is 23.8 Å². The van der Waals surface area contributed by atoms with Gasteiger partial charge in [0.25, 0.3) is 0 Å². The van der Waals surface area contributed by atoms with Crippen LogP contribution in [0.4, 0.5) is 0 Å². The van der Waals surface area contributed by atoms with Crippen molar-refractivity contribution >= 4 is 32.6 Å². The monoisotopic (exact) mass is 405 g/mol. The zero-order chi connectivity index (χ0) is 19.5. The van der Waals surface area contributed by atoms with Gasteiger partial charge in [-0.3, -0.25) is 0 Å². The molecule has 2 aliphatic rings. The zero-order valence-corrected chi connectivity index (χ0v) is 17.2. The van der Waals surface area contributed by atoms with E-state index in [0.717, 1.165) is 70.4 Å². The molecule has 0 bridgehead atoms. The minimum absolute atomic E-state index is 0.299. The molecule has 0 unspecified atom stereocenters. The fraction of sp³-hybridized carbons (Fsp3) is 0.409. The summed E-state index contributed by atoms with van der Waals surface area (Å²) in [6.45, 7) is 2.17. The van der Waals surface area contributed by atoms with Crippen molar-refractivity contribution in [2.45, 2.75) is 37.6 Å². The molecule has 1 saturated carbocycles. The van der Waals surface area contributed by atoms with E-state index in [2.05, 4.69) is 32.8 Å². The maximum Gasteiger partial charge on any atom is 0.183 e. The van der Waals surface area contributed by atoms with Gasteiger partial charge in [-0.15, -0.1) is 21.5 Å². The van der Waals surface area contributed by atoms with E-state index in [-0.39, 0.29) is 0 Å². The molecule has 1 aromatic carbocycles. The molecule has 1 atom stereocenters. The van der Waals surface area contributed by atoms with Crippen LogP contribution in [-0.4, -0.2) is 49.9 Å². The van der Waals surface area contributed by atoms with Gasteiger partial charge in [0, 0.05) is 33.8 Å². The molecule has 7 heteroatoms. The quantitative estimate of drug-likeness (QED) is 0.541. The van der Waals surface area contributed by atoms with Gasteiger partial charge in [-0.2, -0.15) is 0 Å². The average molecular weight is 406 g/mol. The number of piperidine rings is 1. The number of fused-ring (bicyclic) bond motifs is 2. The number of thiophene rings is 1. The van der Waals surface area contributed by atoms with Crippen LogP contribution < -0.4 is 0 Å². The molecule has 6 rings (SSSR count). The van der Waals surface area contributed by atoms with Crippen LogP contribution >= 0.6 is 11.3 Å². The van der Waals surface area contributed by atoms with Crippen LogP contribution in [0.15, 0.2) is 29.9 Å². The Kier molecular flexibility index (Phi) is 3.89. The molecule has 0 amide bonds. The van der Waals surface area contributed by atoms with Crippen molar-refractivity contribution in [2.75, 3.05) is 20.1 Å².